The van der Waals surface area contributed by atoms with E-state index in [-0.39, 0.29) is 5.92 Å². The van der Waals surface area contributed by atoms with Gasteiger partial charge < -0.3 is 30.6 Å². The molecule has 2 aromatic carbocycles. The fourth-order valence-electron chi connectivity index (χ4n) is 5.61. The van der Waals surface area contributed by atoms with Crippen molar-refractivity contribution < 1.29 is 30.6 Å². The normalized spacial score (nSPS) is 17.8. The highest BCUT2D eigenvalue weighted by atomic mass is 16.4. The first-order chi connectivity index (χ1) is 16.8. The molecule has 3 unspecified atom stereocenters. The van der Waals surface area contributed by atoms with Crippen molar-refractivity contribution in [2.45, 2.75) is 98.2 Å². The first-order valence-corrected chi connectivity index (χ1v) is 12.9. The van der Waals surface area contributed by atoms with Gasteiger partial charge in [0.2, 0.25) is 0 Å². The minimum Gasteiger partial charge on any atom is -0.394 e. The molecule has 6 nitrogen and oxygen atoms in total. The molecule has 36 heavy (non-hydrogen) atoms. The Labute approximate surface area is 216 Å². The second-order valence-electron chi connectivity index (χ2n) is 10.9. The summed E-state index contributed by atoms with van der Waals surface area (Å²) < 4.78 is 0. The van der Waals surface area contributed by atoms with E-state index in [2.05, 4.69) is 45.0 Å². The molecule has 0 aliphatic carbocycles. The number of hydrogen-bond donors (Lipinski definition) is 6. The lowest BCUT2D eigenvalue weighted by Gasteiger charge is -2.36. The van der Waals surface area contributed by atoms with E-state index in [9.17, 15) is 25.5 Å². The van der Waals surface area contributed by atoms with Gasteiger partial charge in [-0.3, -0.25) is 0 Å². The van der Waals surface area contributed by atoms with Gasteiger partial charge in [-0.2, -0.15) is 0 Å². The van der Waals surface area contributed by atoms with Gasteiger partial charge in [-0.25, -0.2) is 0 Å². The van der Waals surface area contributed by atoms with Crippen LogP contribution in [0.1, 0.15) is 57.9 Å². The van der Waals surface area contributed by atoms with Gasteiger partial charge in [0.15, 0.2) is 0 Å². The number of rotatable bonds is 12. The molecular weight excluding hydrogens is 456 g/mol. The summed E-state index contributed by atoms with van der Waals surface area (Å²) in [7, 11) is 0. The first-order valence-electron chi connectivity index (χ1n) is 12.9. The van der Waals surface area contributed by atoms with Crippen LogP contribution in [0.5, 0.6) is 0 Å². The van der Waals surface area contributed by atoms with Crippen LogP contribution < -0.4 is 0 Å². The monoisotopic (exact) mass is 502 g/mol. The molecule has 2 rings (SSSR count). The van der Waals surface area contributed by atoms with Crippen LogP contribution >= 0.6 is 0 Å². The Hall–Kier alpha value is -1.80. The average molecular weight is 503 g/mol. The Morgan fingerprint density at radius 1 is 0.611 bits per heavy atom. The van der Waals surface area contributed by atoms with Gasteiger partial charge in [-0.05, 0) is 106 Å². The summed E-state index contributed by atoms with van der Waals surface area (Å²) in [6, 6.07) is 8.54. The first kappa shape index (κ1) is 30.4. The van der Waals surface area contributed by atoms with Gasteiger partial charge >= 0.3 is 0 Å². The Morgan fingerprint density at radius 2 is 1.03 bits per heavy atom. The second-order valence-corrected chi connectivity index (χ2v) is 10.9. The van der Waals surface area contributed by atoms with E-state index in [4.69, 9.17) is 5.11 Å². The van der Waals surface area contributed by atoms with Crippen molar-refractivity contribution in [1.29, 1.82) is 0 Å². The number of aliphatic hydroxyl groups excluding tert-OH is 6. The second kappa shape index (κ2) is 13.1. The topological polar surface area (TPSA) is 121 Å². The zero-order chi connectivity index (χ0) is 27.3. The number of hydrogen-bond acceptors (Lipinski definition) is 6. The molecule has 2 aromatic rings. The van der Waals surface area contributed by atoms with Crippen molar-refractivity contribution >= 4 is 0 Å². The van der Waals surface area contributed by atoms with Crippen LogP contribution in [-0.4, -0.2) is 67.8 Å². The van der Waals surface area contributed by atoms with Crippen LogP contribution in [0.4, 0.5) is 0 Å². The highest BCUT2D eigenvalue weighted by Gasteiger charge is 2.39. The third-order valence-electron chi connectivity index (χ3n) is 7.77. The fourth-order valence-corrected chi connectivity index (χ4v) is 5.61. The lowest BCUT2D eigenvalue weighted by Crippen LogP contribution is -2.52. The van der Waals surface area contributed by atoms with Crippen molar-refractivity contribution in [3.05, 3.63) is 68.8 Å². The largest absolute Gasteiger partial charge is 0.394 e. The minimum absolute atomic E-state index is 0.0260. The summed E-state index contributed by atoms with van der Waals surface area (Å²) in [6.45, 7) is 13.7. The Balaban J connectivity index is 2.35. The molecule has 0 saturated carbocycles. The van der Waals surface area contributed by atoms with Crippen molar-refractivity contribution in [3.63, 3.8) is 0 Å². The minimum atomic E-state index is -1.81. The van der Waals surface area contributed by atoms with Gasteiger partial charge in [0, 0.05) is 0 Å². The predicted molar refractivity (Wildman–Crippen MR) is 143 cm³/mol. The molecule has 0 aliphatic rings. The number of aryl methyl sites for hydroxylation is 6. The summed E-state index contributed by atoms with van der Waals surface area (Å²) in [6.07, 6.45) is -6.17. The molecule has 6 N–H and O–H groups in total. The lowest BCUT2D eigenvalue weighted by atomic mass is 9.76. The smallest absolute Gasteiger partial charge is 0.111 e. The van der Waals surface area contributed by atoms with E-state index in [1.54, 1.807) is 0 Å². The lowest BCUT2D eigenvalue weighted by molar-refractivity contribution is -0.152. The Morgan fingerprint density at radius 3 is 1.47 bits per heavy atom. The third kappa shape index (κ3) is 7.37. The molecule has 202 valence electrons. The molecule has 0 aromatic heterocycles. The van der Waals surface area contributed by atoms with Gasteiger partial charge in [0.25, 0.3) is 0 Å². The van der Waals surface area contributed by atoms with Crippen molar-refractivity contribution in [2.24, 2.45) is 11.8 Å². The van der Waals surface area contributed by atoms with Gasteiger partial charge in [0.1, 0.15) is 24.4 Å². The molecule has 6 heteroatoms. The number of aliphatic hydroxyl groups is 6. The molecule has 0 amide bonds. The average Bonchev–Trinajstić information content (AvgIpc) is 2.80. The van der Waals surface area contributed by atoms with E-state index in [1.807, 2.05) is 27.7 Å². The van der Waals surface area contributed by atoms with E-state index < -0.39 is 43.0 Å². The standard InChI is InChI=1S/C30H46O6/c1-16-10-19(4)23(20(5)11-16)9-8-18(3)25(14-24-21(6)12-17(2)13-22(24)7)27(33)29(35)30(36)28(34)26(32)15-31/h10-13,18,25-36H,8-9,14-15H2,1-7H3/t18?,25?,26-,27?,28+,29+,30-/m0/s1. The van der Waals surface area contributed by atoms with Crippen LogP contribution in [0.2, 0.25) is 0 Å². The summed E-state index contributed by atoms with van der Waals surface area (Å²) in [5.74, 6) is -0.443. The maximum absolute atomic E-state index is 11.3. The van der Waals surface area contributed by atoms with E-state index >= 15 is 0 Å². The molecule has 0 aliphatic heterocycles. The highest BCUT2D eigenvalue weighted by molar-refractivity contribution is 5.39. The zero-order valence-corrected chi connectivity index (χ0v) is 22.9. The molecule has 7 atom stereocenters. The molecule has 0 fully saturated rings. The summed E-state index contributed by atoms with van der Waals surface area (Å²) in [5, 5.41) is 61.6. The molecule has 0 heterocycles. The maximum Gasteiger partial charge on any atom is 0.111 e. The molecule has 0 spiro atoms. The molecule has 0 bridgehead atoms. The zero-order valence-electron chi connectivity index (χ0n) is 22.9. The van der Waals surface area contributed by atoms with E-state index in [1.165, 1.54) is 22.3 Å². The van der Waals surface area contributed by atoms with Crippen LogP contribution in [-0.2, 0) is 12.8 Å². The van der Waals surface area contributed by atoms with Gasteiger partial charge in [0.05, 0.1) is 12.7 Å². The van der Waals surface area contributed by atoms with Crippen LogP contribution in [0.25, 0.3) is 0 Å². The predicted octanol–water partition coefficient (Wildman–Crippen LogP) is 2.76. The van der Waals surface area contributed by atoms with Crippen LogP contribution in [0.3, 0.4) is 0 Å². The van der Waals surface area contributed by atoms with E-state index in [0.717, 1.165) is 35.1 Å². The van der Waals surface area contributed by atoms with Crippen molar-refractivity contribution in [1.82, 2.24) is 0 Å². The Kier molecular flexibility index (Phi) is 11.1. The summed E-state index contributed by atoms with van der Waals surface area (Å²) >= 11 is 0. The SMILES string of the molecule is Cc1cc(C)c(CCC(C)C(Cc2c(C)cc(C)cc2C)C(O)[C@@H](O)[C@@H](O)[C@H](O)[C@@H](O)CO)c(C)c1. The Bertz CT molecular complexity index is 957. The third-order valence-corrected chi connectivity index (χ3v) is 7.77. The quantitative estimate of drug-likeness (QED) is 0.265. The van der Waals surface area contributed by atoms with Gasteiger partial charge in [-0.15, -0.1) is 0 Å². The van der Waals surface area contributed by atoms with Crippen molar-refractivity contribution in [2.75, 3.05) is 6.61 Å². The van der Waals surface area contributed by atoms with Crippen molar-refractivity contribution in [3.8, 4) is 0 Å². The highest BCUT2D eigenvalue weighted by Crippen LogP contribution is 2.32. The van der Waals surface area contributed by atoms with E-state index in [0.29, 0.717) is 6.42 Å². The maximum atomic E-state index is 11.3. The molecule has 0 radical (unpaired) electrons. The molecule has 0 saturated heterocycles. The fraction of sp³-hybridized carbons (Fsp3) is 0.600. The van der Waals surface area contributed by atoms with Gasteiger partial charge in [-0.1, -0.05) is 42.3 Å². The van der Waals surface area contributed by atoms with Crippen LogP contribution in [0, 0.1) is 53.4 Å². The molecular formula is C30H46O6. The summed E-state index contributed by atoms with van der Waals surface area (Å²) in [5.41, 5.74) is 9.43. The van der Waals surface area contributed by atoms with Crippen LogP contribution in [0.15, 0.2) is 24.3 Å². The summed E-state index contributed by atoms with van der Waals surface area (Å²) in [4.78, 5) is 0. The number of benzene rings is 2.